The van der Waals surface area contributed by atoms with E-state index in [1.165, 1.54) is 38.5 Å². The van der Waals surface area contributed by atoms with E-state index < -0.39 is 0 Å². The van der Waals surface area contributed by atoms with Crippen molar-refractivity contribution in [3.8, 4) is 6.07 Å². The van der Waals surface area contributed by atoms with Crippen molar-refractivity contribution in [2.45, 2.75) is 78.2 Å². The zero-order valence-electron chi connectivity index (χ0n) is 15.1. The first kappa shape index (κ1) is 15.9. The van der Waals surface area contributed by atoms with Gasteiger partial charge in [0.2, 0.25) is 0 Å². The van der Waals surface area contributed by atoms with Crippen LogP contribution in [0.2, 0.25) is 0 Å². The second-order valence-corrected chi connectivity index (χ2v) is 10.00. The minimum Gasteiger partial charge on any atom is -0.393 e. The Labute approximate surface area is 141 Å². The first-order valence-electron chi connectivity index (χ1n) is 9.98. The fourth-order valence-electron chi connectivity index (χ4n) is 8.01. The Morgan fingerprint density at radius 3 is 2.43 bits per heavy atom. The largest absolute Gasteiger partial charge is 0.393 e. The molecule has 4 saturated carbocycles. The van der Waals surface area contributed by atoms with Gasteiger partial charge in [-0.05, 0) is 85.4 Å². The van der Waals surface area contributed by atoms with Gasteiger partial charge in [0, 0.05) is 0 Å². The van der Waals surface area contributed by atoms with Gasteiger partial charge in [0.15, 0.2) is 0 Å². The second-order valence-electron chi connectivity index (χ2n) is 10.00. The van der Waals surface area contributed by atoms with Crippen LogP contribution in [-0.2, 0) is 0 Å². The number of nitrogens with zero attached hydrogens (tertiary/aromatic N) is 1. The second kappa shape index (κ2) is 5.22. The normalized spacial score (nSPS) is 58.7. The van der Waals surface area contributed by atoms with E-state index in [0.29, 0.717) is 23.2 Å². The molecule has 0 aliphatic heterocycles. The fraction of sp³-hybridized carbons (Fsp3) is 0.952. The molecule has 2 nitrogen and oxygen atoms in total. The van der Waals surface area contributed by atoms with E-state index in [1.54, 1.807) is 0 Å². The van der Waals surface area contributed by atoms with Crippen LogP contribution in [0.1, 0.15) is 72.1 Å². The predicted octanol–water partition coefficient (Wildman–Crippen LogP) is 4.78. The maximum atomic E-state index is 11.2. The molecule has 0 heterocycles. The van der Waals surface area contributed by atoms with Crippen LogP contribution in [0.15, 0.2) is 0 Å². The Kier molecular flexibility index (Phi) is 3.62. The van der Waals surface area contributed by atoms with Crippen LogP contribution in [0.25, 0.3) is 0 Å². The highest BCUT2D eigenvalue weighted by molar-refractivity contribution is 5.14. The molecule has 1 N–H and O–H groups in total. The van der Waals surface area contributed by atoms with E-state index in [1.807, 2.05) is 0 Å². The monoisotopic (exact) mass is 315 g/mol. The minimum absolute atomic E-state index is 0.0683. The van der Waals surface area contributed by atoms with E-state index in [-0.39, 0.29) is 17.4 Å². The van der Waals surface area contributed by atoms with Gasteiger partial charge in [0.1, 0.15) is 0 Å². The van der Waals surface area contributed by atoms with E-state index >= 15 is 0 Å². The highest BCUT2D eigenvalue weighted by Crippen LogP contribution is 2.67. The summed E-state index contributed by atoms with van der Waals surface area (Å²) in [6.45, 7) is 7.23. The molecule has 0 aromatic rings. The molecule has 0 aromatic heterocycles. The van der Waals surface area contributed by atoms with E-state index in [4.69, 9.17) is 0 Å². The number of aliphatic hydroxyl groups is 1. The van der Waals surface area contributed by atoms with E-state index in [0.717, 1.165) is 24.7 Å². The molecule has 23 heavy (non-hydrogen) atoms. The van der Waals surface area contributed by atoms with Gasteiger partial charge in [-0.25, -0.2) is 0 Å². The summed E-state index contributed by atoms with van der Waals surface area (Å²) in [7, 11) is 0. The van der Waals surface area contributed by atoms with Gasteiger partial charge in [-0.3, -0.25) is 0 Å². The van der Waals surface area contributed by atoms with Crippen molar-refractivity contribution in [3.63, 3.8) is 0 Å². The molecular formula is C21H33NO. The number of hydrogen-bond acceptors (Lipinski definition) is 2. The molecule has 9 atom stereocenters. The van der Waals surface area contributed by atoms with Gasteiger partial charge in [0.25, 0.3) is 0 Å². The van der Waals surface area contributed by atoms with Gasteiger partial charge < -0.3 is 5.11 Å². The Bertz CT molecular complexity index is 524. The molecule has 0 bridgehead atoms. The van der Waals surface area contributed by atoms with Crippen molar-refractivity contribution in [3.05, 3.63) is 0 Å². The molecule has 0 spiro atoms. The number of aliphatic hydroxyl groups excluding tert-OH is 1. The summed E-state index contributed by atoms with van der Waals surface area (Å²) in [4.78, 5) is 0. The third-order valence-corrected chi connectivity index (χ3v) is 8.95. The summed E-state index contributed by atoms with van der Waals surface area (Å²) in [5.74, 6) is 3.63. The SMILES string of the molecule is CC1CCC2CCC3C4CCC(C#N)C4(C)CC(O)C3C2(C)C1. The highest BCUT2D eigenvalue weighted by atomic mass is 16.3. The van der Waals surface area contributed by atoms with Gasteiger partial charge in [-0.15, -0.1) is 0 Å². The van der Waals surface area contributed by atoms with Crippen LogP contribution in [0.5, 0.6) is 0 Å². The highest BCUT2D eigenvalue weighted by Gasteiger charge is 2.63. The zero-order valence-corrected chi connectivity index (χ0v) is 15.1. The molecule has 9 unspecified atom stereocenters. The number of nitriles is 1. The summed E-state index contributed by atoms with van der Waals surface area (Å²) in [5, 5.41) is 20.8. The molecule has 4 aliphatic rings. The maximum absolute atomic E-state index is 11.2. The van der Waals surface area contributed by atoms with Crippen molar-refractivity contribution in [2.24, 2.45) is 46.3 Å². The molecule has 4 fully saturated rings. The molecule has 0 radical (unpaired) electrons. The van der Waals surface area contributed by atoms with Crippen LogP contribution in [0.3, 0.4) is 0 Å². The summed E-state index contributed by atoms with van der Waals surface area (Å²) >= 11 is 0. The Hall–Kier alpha value is -0.550. The van der Waals surface area contributed by atoms with Crippen LogP contribution in [0.4, 0.5) is 0 Å². The van der Waals surface area contributed by atoms with Crippen molar-refractivity contribution in [1.82, 2.24) is 0 Å². The van der Waals surface area contributed by atoms with Crippen LogP contribution in [0, 0.1) is 57.7 Å². The van der Waals surface area contributed by atoms with Crippen LogP contribution in [-0.4, -0.2) is 11.2 Å². The van der Waals surface area contributed by atoms with Crippen molar-refractivity contribution < 1.29 is 5.11 Å². The van der Waals surface area contributed by atoms with Gasteiger partial charge >= 0.3 is 0 Å². The van der Waals surface area contributed by atoms with Gasteiger partial charge in [-0.2, -0.15) is 5.26 Å². The van der Waals surface area contributed by atoms with Crippen molar-refractivity contribution in [2.75, 3.05) is 0 Å². The van der Waals surface area contributed by atoms with E-state index in [2.05, 4.69) is 26.8 Å². The third kappa shape index (κ3) is 2.08. The molecule has 4 aliphatic carbocycles. The lowest BCUT2D eigenvalue weighted by Crippen LogP contribution is -2.58. The molecule has 128 valence electrons. The Balaban J connectivity index is 1.70. The van der Waals surface area contributed by atoms with Crippen molar-refractivity contribution >= 4 is 0 Å². The summed E-state index contributed by atoms with van der Waals surface area (Å²) in [6, 6.07) is 2.58. The first-order valence-corrected chi connectivity index (χ1v) is 9.98. The molecule has 0 amide bonds. The number of hydrogen-bond donors (Lipinski definition) is 1. The first-order chi connectivity index (χ1) is 10.9. The topological polar surface area (TPSA) is 44.0 Å². The average Bonchev–Trinajstić information content (AvgIpc) is 2.81. The summed E-state index contributed by atoms with van der Waals surface area (Å²) in [6.07, 6.45) is 9.68. The molecular weight excluding hydrogens is 282 g/mol. The van der Waals surface area contributed by atoms with E-state index in [9.17, 15) is 10.4 Å². The zero-order chi connectivity index (χ0) is 16.4. The maximum Gasteiger partial charge on any atom is 0.0661 e. The Morgan fingerprint density at radius 2 is 1.70 bits per heavy atom. The lowest BCUT2D eigenvalue weighted by atomic mass is 9.43. The average molecular weight is 316 g/mol. The summed E-state index contributed by atoms with van der Waals surface area (Å²) < 4.78 is 0. The molecule has 0 saturated heterocycles. The Morgan fingerprint density at radius 1 is 0.957 bits per heavy atom. The van der Waals surface area contributed by atoms with Crippen LogP contribution >= 0.6 is 0 Å². The lowest BCUT2D eigenvalue weighted by molar-refractivity contribution is -0.171. The standard InChI is InChI=1S/C21H33NO/c1-13-4-5-14-6-8-16-17-9-7-15(12-22)20(17,2)11-18(23)19(16)21(14,3)10-13/h13-19,23H,4-11H2,1-3H3. The molecule has 4 rings (SSSR count). The molecule has 2 heteroatoms. The van der Waals surface area contributed by atoms with Crippen molar-refractivity contribution in [1.29, 1.82) is 5.26 Å². The van der Waals surface area contributed by atoms with Gasteiger partial charge in [0.05, 0.1) is 18.1 Å². The van der Waals surface area contributed by atoms with Gasteiger partial charge in [-0.1, -0.05) is 27.2 Å². The van der Waals surface area contributed by atoms with Crippen LogP contribution < -0.4 is 0 Å². The molecule has 0 aromatic carbocycles. The quantitative estimate of drug-likeness (QED) is 0.699. The number of rotatable bonds is 0. The number of fused-ring (bicyclic) bond motifs is 5. The lowest BCUT2D eigenvalue weighted by Gasteiger charge is -2.62. The fourth-order valence-corrected chi connectivity index (χ4v) is 8.01. The minimum atomic E-state index is -0.187. The summed E-state index contributed by atoms with van der Waals surface area (Å²) in [5.41, 5.74) is 0.408. The predicted molar refractivity (Wildman–Crippen MR) is 91.4 cm³/mol. The smallest absolute Gasteiger partial charge is 0.0661 e. The third-order valence-electron chi connectivity index (χ3n) is 8.95.